The molecule has 0 saturated heterocycles. The van der Waals surface area contributed by atoms with Gasteiger partial charge < -0.3 is 10.1 Å². The molecule has 0 bridgehead atoms. The number of hydrogen-bond donors (Lipinski definition) is 1. The van der Waals surface area contributed by atoms with Gasteiger partial charge in [0.2, 0.25) is 5.82 Å². The number of carbonyl (C=O) groups excluding carboxylic acids is 1. The van der Waals surface area contributed by atoms with Gasteiger partial charge in [0.05, 0.1) is 0 Å². The van der Waals surface area contributed by atoms with E-state index in [1.807, 2.05) is 45.9 Å². The van der Waals surface area contributed by atoms with Crippen LogP contribution in [0, 0.1) is 27.7 Å². The van der Waals surface area contributed by atoms with Crippen LogP contribution in [0.4, 0.5) is 5.82 Å². The second-order valence-electron chi connectivity index (χ2n) is 6.90. The van der Waals surface area contributed by atoms with Crippen molar-refractivity contribution < 1.29 is 14.2 Å². The molecule has 0 aliphatic rings. The number of benzene rings is 2. The molecule has 0 saturated carbocycles. The molecule has 1 aromatic heterocycles. The zero-order valence-corrected chi connectivity index (χ0v) is 17.2. The van der Waals surface area contributed by atoms with Crippen molar-refractivity contribution in [2.75, 3.05) is 5.32 Å². The molecule has 146 valence electrons. The summed E-state index contributed by atoms with van der Waals surface area (Å²) in [5.41, 5.74) is 5.21. The average molecular weight is 400 g/mol. The Bertz CT molecular complexity index is 1010. The van der Waals surface area contributed by atoms with Crippen molar-refractivity contribution in [2.24, 2.45) is 0 Å². The highest BCUT2D eigenvalue weighted by Crippen LogP contribution is 2.29. The summed E-state index contributed by atoms with van der Waals surface area (Å²) >= 11 is 6.18. The zero-order valence-electron chi connectivity index (χ0n) is 16.5. The first-order chi connectivity index (χ1) is 13.3. The van der Waals surface area contributed by atoms with Gasteiger partial charge in [0, 0.05) is 10.6 Å². The third-order valence-electron chi connectivity index (χ3n) is 4.47. The first kappa shape index (κ1) is 19.9. The van der Waals surface area contributed by atoms with E-state index in [1.165, 1.54) is 0 Å². The van der Waals surface area contributed by atoms with Crippen molar-refractivity contribution >= 4 is 23.3 Å². The van der Waals surface area contributed by atoms with Gasteiger partial charge >= 0.3 is 0 Å². The zero-order chi connectivity index (χ0) is 20.4. The van der Waals surface area contributed by atoms with Gasteiger partial charge in [-0.15, -0.1) is 0 Å². The number of hydrogen-bond acceptors (Lipinski definition) is 5. The Hall–Kier alpha value is -2.86. The highest BCUT2D eigenvalue weighted by molar-refractivity contribution is 6.32. The largest absolute Gasteiger partial charge is 0.481 e. The Balaban J connectivity index is 1.77. The summed E-state index contributed by atoms with van der Waals surface area (Å²) in [6.07, 6.45) is -0.747. The van der Waals surface area contributed by atoms with Gasteiger partial charge in [-0.25, -0.2) is 4.63 Å². The topological polar surface area (TPSA) is 77.3 Å². The van der Waals surface area contributed by atoms with Crippen LogP contribution >= 0.6 is 11.6 Å². The van der Waals surface area contributed by atoms with E-state index in [-0.39, 0.29) is 11.7 Å². The molecule has 0 aliphatic carbocycles. The standard InChI is InChI=1S/C21H22ClN3O3/c1-11-6-7-12(2)17(8-11)19-20(25-28-24-19)23-21(26)15(5)27-16-9-13(3)18(22)14(4)10-16/h6-10,15H,1-5H3,(H,23,25,26). The van der Waals surface area contributed by atoms with Crippen molar-refractivity contribution in [3.63, 3.8) is 0 Å². The van der Waals surface area contributed by atoms with E-state index in [4.69, 9.17) is 21.0 Å². The predicted molar refractivity (Wildman–Crippen MR) is 109 cm³/mol. The van der Waals surface area contributed by atoms with Gasteiger partial charge in [-0.3, -0.25) is 4.79 Å². The molecule has 1 heterocycles. The maximum Gasteiger partial charge on any atom is 0.266 e. The van der Waals surface area contributed by atoms with Crippen LogP contribution in [0.3, 0.4) is 0 Å². The van der Waals surface area contributed by atoms with E-state index in [1.54, 1.807) is 19.1 Å². The summed E-state index contributed by atoms with van der Waals surface area (Å²) in [4.78, 5) is 12.6. The lowest BCUT2D eigenvalue weighted by molar-refractivity contribution is -0.122. The van der Waals surface area contributed by atoms with Crippen molar-refractivity contribution in [1.82, 2.24) is 10.3 Å². The number of ether oxygens (including phenoxy) is 1. The minimum Gasteiger partial charge on any atom is -0.481 e. The quantitative estimate of drug-likeness (QED) is 0.651. The Labute approximate surface area is 168 Å². The number of aryl methyl sites for hydroxylation is 4. The molecule has 1 N–H and O–H groups in total. The number of nitrogens with zero attached hydrogens (tertiary/aromatic N) is 2. The first-order valence-corrected chi connectivity index (χ1v) is 9.28. The molecule has 0 radical (unpaired) electrons. The van der Waals surface area contributed by atoms with Crippen LogP contribution in [0.15, 0.2) is 35.0 Å². The average Bonchev–Trinajstić information content (AvgIpc) is 3.09. The van der Waals surface area contributed by atoms with Crippen LogP contribution in [0.5, 0.6) is 5.75 Å². The Morgan fingerprint density at radius 3 is 2.43 bits per heavy atom. The van der Waals surface area contributed by atoms with Crippen LogP contribution in [0.25, 0.3) is 11.3 Å². The summed E-state index contributed by atoms with van der Waals surface area (Å²) in [5.74, 6) is 0.486. The van der Waals surface area contributed by atoms with Crippen LogP contribution in [-0.2, 0) is 4.79 Å². The minimum absolute atomic E-state index is 0.262. The van der Waals surface area contributed by atoms with Crippen molar-refractivity contribution in [2.45, 2.75) is 40.7 Å². The van der Waals surface area contributed by atoms with E-state index in [2.05, 4.69) is 15.6 Å². The molecular weight excluding hydrogens is 378 g/mol. The minimum atomic E-state index is -0.747. The third-order valence-corrected chi connectivity index (χ3v) is 5.07. The maximum absolute atomic E-state index is 12.6. The van der Waals surface area contributed by atoms with Gasteiger partial charge in [-0.2, -0.15) is 0 Å². The Morgan fingerprint density at radius 2 is 1.75 bits per heavy atom. The number of carbonyl (C=O) groups is 1. The van der Waals surface area contributed by atoms with E-state index >= 15 is 0 Å². The van der Waals surface area contributed by atoms with Gasteiger partial charge in [0.15, 0.2) is 11.8 Å². The summed E-state index contributed by atoms with van der Waals surface area (Å²) in [6.45, 7) is 9.40. The lowest BCUT2D eigenvalue weighted by Crippen LogP contribution is -2.30. The highest BCUT2D eigenvalue weighted by atomic mass is 35.5. The molecule has 6 nitrogen and oxygen atoms in total. The molecule has 1 atom stereocenters. The number of amides is 1. The van der Waals surface area contributed by atoms with Gasteiger partial charge in [0.25, 0.3) is 5.91 Å². The monoisotopic (exact) mass is 399 g/mol. The molecule has 0 aliphatic heterocycles. The molecule has 7 heteroatoms. The van der Waals surface area contributed by atoms with Gasteiger partial charge in [-0.1, -0.05) is 29.3 Å². The predicted octanol–water partition coefficient (Wildman–Crippen LogP) is 5.03. The number of aromatic nitrogens is 2. The molecular formula is C21H22ClN3O3. The number of anilines is 1. The lowest BCUT2D eigenvalue weighted by atomic mass is 10.0. The molecule has 2 aromatic carbocycles. The Kier molecular flexibility index (Phi) is 5.70. The fourth-order valence-corrected chi connectivity index (χ4v) is 3.00. The molecule has 0 spiro atoms. The molecule has 3 aromatic rings. The summed E-state index contributed by atoms with van der Waals surface area (Å²) in [6, 6.07) is 9.58. The summed E-state index contributed by atoms with van der Waals surface area (Å²) in [5, 5.41) is 11.2. The molecule has 28 heavy (non-hydrogen) atoms. The van der Waals surface area contributed by atoms with Crippen molar-refractivity contribution in [3.05, 3.63) is 57.6 Å². The molecule has 1 unspecified atom stereocenters. The van der Waals surface area contributed by atoms with E-state index < -0.39 is 6.10 Å². The van der Waals surface area contributed by atoms with Crippen molar-refractivity contribution in [3.8, 4) is 17.0 Å². The second-order valence-corrected chi connectivity index (χ2v) is 7.28. The fraction of sp³-hybridized carbons (Fsp3) is 0.286. The van der Waals surface area contributed by atoms with Crippen LogP contribution in [0.1, 0.15) is 29.2 Å². The van der Waals surface area contributed by atoms with Crippen LogP contribution in [-0.4, -0.2) is 22.3 Å². The molecule has 0 fully saturated rings. The van der Waals surface area contributed by atoms with E-state index in [9.17, 15) is 4.79 Å². The second kappa shape index (κ2) is 8.02. The van der Waals surface area contributed by atoms with E-state index in [0.717, 1.165) is 27.8 Å². The van der Waals surface area contributed by atoms with Crippen molar-refractivity contribution in [1.29, 1.82) is 0 Å². The third kappa shape index (κ3) is 4.17. The van der Waals surface area contributed by atoms with Crippen LogP contribution in [0.2, 0.25) is 5.02 Å². The van der Waals surface area contributed by atoms with E-state index in [0.29, 0.717) is 16.5 Å². The number of nitrogens with one attached hydrogen (secondary N) is 1. The number of halogens is 1. The van der Waals surface area contributed by atoms with Gasteiger partial charge in [-0.05, 0) is 79.8 Å². The summed E-state index contributed by atoms with van der Waals surface area (Å²) < 4.78 is 10.6. The van der Waals surface area contributed by atoms with Gasteiger partial charge in [0.1, 0.15) is 5.75 Å². The summed E-state index contributed by atoms with van der Waals surface area (Å²) in [7, 11) is 0. The first-order valence-electron chi connectivity index (χ1n) is 8.90. The lowest BCUT2D eigenvalue weighted by Gasteiger charge is -2.16. The van der Waals surface area contributed by atoms with Crippen LogP contribution < -0.4 is 10.1 Å². The maximum atomic E-state index is 12.6. The molecule has 1 amide bonds. The SMILES string of the molecule is Cc1ccc(C)c(-c2nonc2NC(=O)C(C)Oc2cc(C)c(Cl)c(C)c2)c1. The fourth-order valence-electron chi connectivity index (χ4n) is 2.89. The highest BCUT2D eigenvalue weighted by Gasteiger charge is 2.21. The number of rotatable bonds is 5. The normalized spacial score (nSPS) is 11.9. The Morgan fingerprint density at radius 1 is 1.07 bits per heavy atom. The molecule has 3 rings (SSSR count). The smallest absolute Gasteiger partial charge is 0.266 e.